The maximum absolute atomic E-state index is 13.3. The quantitative estimate of drug-likeness (QED) is 0.0711. The Morgan fingerprint density at radius 1 is 0.780 bits per heavy atom. The maximum Gasteiger partial charge on any atom is 0.298 e. The van der Waals surface area contributed by atoms with Crippen LogP contribution >= 0.6 is 12.0 Å². The van der Waals surface area contributed by atoms with Crippen molar-refractivity contribution in [1.29, 1.82) is 0 Å². The van der Waals surface area contributed by atoms with Gasteiger partial charge in [0, 0.05) is 16.0 Å². The molecule has 4 rings (SSSR count). The highest BCUT2D eigenvalue weighted by Crippen LogP contribution is 2.34. The summed E-state index contributed by atoms with van der Waals surface area (Å²) in [5.74, 6) is 0.127. The average Bonchev–Trinajstić information content (AvgIpc) is 2.96. The number of hydrogen-bond donors (Lipinski definition) is 2. The summed E-state index contributed by atoms with van der Waals surface area (Å²) in [6.07, 6.45) is 0. The molecule has 0 radical (unpaired) electrons. The highest BCUT2D eigenvalue weighted by atomic mass is 32.2. The van der Waals surface area contributed by atoms with E-state index in [1.807, 2.05) is 0 Å². The zero-order valence-corrected chi connectivity index (χ0v) is 23.8. The van der Waals surface area contributed by atoms with Crippen molar-refractivity contribution in [3.8, 4) is 17.2 Å². The summed E-state index contributed by atoms with van der Waals surface area (Å²) >= 11 is 0.568. The smallest absolute Gasteiger partial charge is 0.298 e. The van der Waals surface area contributed by atoms with Gasteiger partial charge in [0.15, 0.2) is 5.78 Å². The van der Waals surface area contributed by atoms with Gasteiger partial charge >= 0.3 is 0 Å². The lowest BCUT2D eigenvalue weighted by molar-refractivity contribution is -0.432. The van der Waals surface area contributed by atoms with Gasteiger partial charge < -0.3 is 9.47 Å². The fraction of sp³-hybridized carbons (Fsp3) is 0.0741. The molecular formula is C27H22O11S3. The predicted molar refractivity (Wildman–Crippen MR) is 146 cm³/mol. The van der Waals surface area contributed by atoms with E-state index in [1.54, 1.807) is 31.2 Å². The molecule has 41 heavy (non-hydrogen) atoms. The molecule has 0 spiro atoms. The number of ketones is 1. The molecule has 4 aromatic carbocycles. The molecule has 0 heterocycles. The van der Waals surface area contributed by atoms with Gasteiger partial charge in [-0.25, -0.2) is 13.7 Å². The van der Waals surface area contributed by atoms with Crippen molar-refractivity contribution in [2.45, 2.75) is 26.5 Å². The first-order valence-corrected chi connectivity index (χ1v) is 15.2. The third-order valence-electron chi connectivity index (χ3n) is 5.82. The first kappa shape index (κ1) is 30.2. The minimum Gasteiger partial charge on any atom is -0.497 e. The van der Waals surface area contributed by atoms with Crippen molar-refractivity contribution in [2.24, 2.45) is 0 Å². The molecule has 0 aromatic heterocycles. The molecule has 11 nitrogen and oxygen atoms in total. The normalized spacial score (nSPS) is 11.7. The molecule has 214 valence electrons. The zero-order valence-electron chi connectivity index (χ0n) is 21.4. The number of sulfone groups is 1. The molecule has 0 bridgehead atoms. The van der Waals surface area contributed by atoms with Crippen LogP contribution in [0.3, 0.4) is 0 Å². The van der Waals surface area contributed by atoms with E-state index in [-0.39, 0.29) is 22.2 Å². The van der Waals surface area contributed by atoms with Crippen LogP contribution in [0.1, 0.15) is 21.5 Å². The van der Waals surface area contributed by atoms with Gasteiger partial charge in [0.2, 0.25) is 9.84 Å². The van der Waals surface area contributed by atoms with Crippen LogP contribution in [0.5, 0.6) is 17.2 Å². The van der Waals surface area contributed by atoms with Crippen LogP contribution in [0, 0.1) is 6.92 Å². The van der Waals surface area contributed by atoms with E-state index in [4.69, 9.17) is 14.7 Å². The summed E-state index contributed by atoms with van der Waals surface area (Å²) in [5.41, 5.74) is 1.38. The van der Waals surface area contributed by atoms with Gasteiger partial charge in [0.25, 0.3) is 10.1 Å². The van der Waals surface area contributed by atoms with Crippen LogP contribution < -0.4 is 9.47 Å². The second-order valence-electron chi connectivity index (χ2n) is 8.42. The maximum atomic E-state index is 13.3. The second-order valence-corrected chi connectivity index (χ2v) is 12.5. The summed E-state index contributed by atoms with van der Waals surface area (Å²) in [6.45, 7) is 1.67. The highest BCUT2D eigenvalue weighted by molar-refractivity contribution is 7.94. The first-order valence-electron chi connectivity index (χ1n) is 11.5. The van der Waals surface area contributed by atoms with Gasteiger partial charge in [-0.3, -0.25) is 9.35 Å². The number of aryl methyl sites for hydroxylation is 1. The molecule has 2 N–H and O–H groups in total. The Hall–Kier alpha value is -3.76. The molecule has 0 aliphatic carbocycles. The van der Waals surface area contributed by atoms with Gasteiger partial charge in [-0.2, -0.15) is 8.42 Å². The summed E-state index contributed by atoms with van der Waals surface area (Å²) < 4.78 is 75.9. The standard InChI is InChI=1S/C27H22O11S3/c1-17-3-12-22(15-25(17)39-38-37-29)40(30,31)23-13-14-24(26(16-23)41(32,33)34)36-21-10-6-19(7-11-21)27(28)18-4-8-20(35-2)9-5-18/h3-16,29H,1-2H3,(H,32,33,34). The molecule has 0 atom stereocenters. The number of methoxy groups -OCH3 is 1. The van der Waals surface area contributed by atoms with Crippen LogP contribution in [0.2, 0.25) is 0 Å². The molecule has 14 heteroatoms. The van der Waals surface area contributed by atoms with Crippen molar-refractivity contribution >= 4 is 37.8 Å². The summed E-state index contributed by atoms with van der Waals surface area (Å²) in [7, 11) is -7.69. The molecule has 0 saturated carbocycles. The number of ether oxygens (including phenoxy) is 2. The highest BCUT2D eigenvalue weighted by Gasteiger charge is 2.25. The zero-order chi connectivity index (χ0) is 29.8. The van der Waals surface area contributed by atoms with Crippen molar-refractivity contribution in [1.82, 2.24) is 0 Å². The number of carbonyl (C=O) groups excluding carboxylic acids is 1. The molecule has 0 aliphatic rings. The Labute approximate surface area is 240 Å². The summed E-state index contributed by atoms with van der Waals surface area (Å²) in [4.78, 5) is 11.6. The molecule has 0 saturated heterocycles. The van der Waals surface area contributed by atoms with E-state index in [2.05, 4.69) is 9.37 Å². The molecule has 0 fully saturated rings. The van der Waals surface area contributed by atoms with Crippen LogP contribution in [0.25, 0.3) is 0 Å². The van der Waals surface area contributed by atoms with Gasteiger partial charge in [-0.15, -0.1) is 4.33 Å². The van der Waals surface area contributed by atoms with Gasteiger partial charge in [0.1, 0.15) is 22.1 Å². The fourth-order valence-electron chi connectivity index (χ4n) is 3.68. The largest absolute Gasteiger partial charge is 0.497 e. The Bertz CT molecular complexity index is 1780. The van der Waals surface area contributed by atoms with Crippen molar-refractivity contribution < 1.29 is 50.3 Å². The van der Waals surface area contributed by atoms with Crippen LogP contribution in [-0.4, -0.2) is 39.5 Å². The Morgan fingerprint density at radius 2 is 1.34 bits per heavy atom. The number of rotatable bonds is 11. The Kier molecular flexibility index (Phi) is 9.14. The minimum atomic E-state index is -4.93. The summed E-state index contributed by atoms with van der Waals surface area (Å²) in [6, 6.07) is 19.4. The predicted octanol–water partition coefficient (Wildman–Crippen LogP) is 5.53. The van der Waals surface area contributed by atoms with E-state index in [0.717, 1.165) is 18.2 Å². The van der Waals surface area contributed by atoms with E-state index in [0.29, 0.717) is 39.4 Å². The fourth-order valence-corrected chi connectivity index (χ4v) is 6.26. The average molecular weight is 619 g/mol. The lowest BCUT2D eigenvalue weighted by Gasteiger charge is -2.13. The third-order valence-corrected chi connectivity index (χ3v) is 9.20. The lowest BCUT2D eigenvalue weighted by Crippen LogP contribution is -2.07. The lowest BCUT2D eigenvalue weighted by atomic mass is 10.0. The molecule has 0 amide bonds. The molecule has 0 unspecified atom stereocenters. The van der Waals surface area contributed by atoms with E-state index >= 15 is 0 Å². The summed E-state index contributed by atoms with van der Waals surface area (Å²) in [5, 5.41) is 11.9. The van der Waals surface area contributed by atoms with Crippen molar-refractivity contribution in [3.63, 3.8) is 0 Å². The minimum absolute atomic E-state index is 0.128. The SMILES string of the molecule is COc1ccc(C(=O)c2ccc(Oc3ccc(S(=O)(=O)c4ccc(C)c(SOOO)c4)cc3S(=O)(=O)O)cc2)cc1. The molecule has 0 aliphatic heterocycles. The second kappa shape index (κ2) is 12.4. The molecule has 4 aromatic rings. The van der Waals surface area contributed by atoms with Gasteiger partial charge in [-0.1, -0.05) is 11.1 Å². The topological polar surface area (TPSA) is 163 Å². The number of benzene rings is 4. The van der Waals surface area contributed by atoms with E-state index in [9.17, 15) is 26.2 Å². The Balaban J connectivity index is 1.62. The van der Waals surface area contributed by atoms with Crippen LogP contribution in [0.4, 0.5) is 0 Å². The molecular weight excluding hydrogens is 596 g/mol. The third kappa shape index (κ3) is 6.94. The van der Waals surface area contributed by atoms with Crippen molar-refractivity contribution in [3.05, 3.63) is 102 Å². The Morgan fingerprint density at radius 3 is 1.90 bits per heavy atom. The van der Waals surface area contributed by atoms with Crippen LogP contribution in [0.15, 0.2) is 105 Å². The van der Waals surface area contributed by atoms with Crippen LogP contribution in [-0.2, 0) is 29.3 Å². The number of hydrogen-bond acceptors (Lipinski definition) is 11. The van der Waals surface area contributed by atoms with Gasteiger partial charge in [0.05, 0.1) is 28.9 Å². The monoisotopic (exact) mass is 618 g/mol. The first-order chi connectivity index (χ1) is 19.4. The van der Waals surface area contributed by atoms with E-state index < -0.39 is 29.7 Å². The number of carbonyl (C=O) groups is 1. The van der Waals surface area contributed by atoms with Gasteiger partial charge in [-0.05, 0) is 91.3 Å². The van der Waals surface area contributed by atoms with Crippen molar-refractivity contribution in [2.75, 3.05) is 7.11 Å². The van der Waals surface area contributed by atoms with E-state index in [1.165, 1.54) is 49.6 Å².